The maximum absolute atomic E-state index is 13.8. The van der Waals surface area contributed by atoms with Gasteiger partial charge in [-0.2, -0.15) is 0 Å². The minimum atomic E-state index is -0.292. The number of rotatable bonds is 2. The van der Waals surface area contributed by atoms with Crippen molar-refractivity contribution >= 4 is 28.3 Å². The van der Waals surface area contributed by atoms with Crippen molar-refractivity contribution in [1.82, 2.24) is 4.90 Å². The summed E-state index contributed by atoms with van der Waals surface area (Å²) >= 11 is 5.92. The largest absolute Gasteiger partial charge is 0.338 e. The zero-order valence-corrected chi connectivity index (χ0v) is 12.4. The summed E-state index contributed by atoms with van der Waals surface area (Å²) in [6, 6.07) is 10.1. The lowest BCUT2D eigenvalue weighted by Crippen LogP contribution is -2.40. The molecule has 2 aromatic rings. The van der Waals surface area contributed by atoms with Gasteiger partial charge in [0.15, 0.2) is 0 Å². The third-order valence-electron chi connectivity index (χ3n) is 4.13. The molecule has 1 atom stereocenters. The van der Waals surface area contributed by atoms with Gasteiger partial charge in [-0.1, -0.05) is 24.3 Å². The topological polar surface area (TPSA) is 20.3 Å². The quantitative estimate of drug-likeness (QED) is 0.766. The Hall–Kier alpha value is -1.61. The summed E-state index contributed by atoms with van der Waals surface area (Å²) in [4.78, 5) is 14.6. The number of likely N-dealkylation sites (tertiary alicyclic amines) is 1. The van der Waals surface area contributed by atoms with E-state index >= 15 is 0 Å². The van der Waals surface area contributed by atoms with Crippen molar-refractivity contribution in [2.75, 3.05) is 19.0 Å². The van der Waals surface area contributed by atoms with E-state index in [1.165, 1.54) is 6.07 Å². The lowest BCUT2D eigenvalue weighted by atomic mass is 9.98. The van der Waals surface area contributed by atoms with Crippen molar-refractivity contribution in [3.63, 3.8) is 0 Å². The number of benzene rings is 2. The highest BCUT2D eigenvalue weighted by atomic mass is 35.5. The van der Waals surface area contributed by atoms with Crippen molar-refractivity contribution in [3.05, 3.63) is 47.8 Å². The van der Waals surface area contributed by atoms with Crippen LogP contribution in [0.2, 0.25) is 0 Å². The summed E-state index contributed by atoms with van der Waals surface area (Å²) in [5.41, 5.74) is 0.572. The average molecular weight is 306 g/mol. The maximum Gasteiger partial charge on any atom is 0.254 e. The summed E-state index contributed by atoms with van der Waals surface area (Å²) < 4.78 is 13.8. The van der Waals surface area contributed by atoms with Gasteiger partial charge in [-0.15, -0.1) is 11.6 Å². The van der Waals surface area contributed by atoms with E-state index in [0.29, 0.717) is 34.7 Å². The minimum absolute atomic E-state index is 0.0268. The first-order valence-electron chi connectivity index (χ1n) is 7.23. The molecule has 0 radical (unpaired) electrons. The molecule has 4 heteroatoms. The lowest BCUT2D eigenvalue weighted by molar-refractivity contribution is 0.0687. The number of amides is 1. The molecule has 0 spiro atoms. The van der Waals surface area contributed by atoms with Gasteiger partial charge in [0, 0.05) is 29.9 Å². The number of halogens is 2. The number of fused-ring (bicyclic) bond motifs is 1. The first kappa shape index (κ1) is 14.3. The predicted octanol–water partition coefficient (Wildman–Crippen LogP) is 4.07. The Kier molecular flexibility index (Phi) is 4.11. The number of carbonyl (C=O) groups excluding carboxylic acids is 1. The highest BCUT2D eigenvalue weighted by Gasteiger charge is 2.25. The second kappa shape index (κ2) is 6.02. The Morgan fingerprint density at radius 2 is 2.00 bits per heavy atom. The minimum Gasteiger partial charge on any atom is -0.338 e. The predicted molar refractivity (Wildman–Crippen MR) is 83.3 cm³/mol. The molecule has 0 aromatic heterocycles. The SMILES string of the molecule is O=C(c1ccc(F)c2ccccc12)N1CCCC(CCl)C1. The van der Waals surface area contributed by atoms with Gasteiger partial charge in [0.25, 0.3) is 5.91 Å². The Balaban J connectivity index is 1.96. The highest BCUT2D eigenvalue weighted by Crippen LogP contribution is 2.25. The summed E-state index contributed by atoms with van der Waals surface area (Å²) in [6.45, 7) is 1.44. The zero-order valence-electron chi connectivity index (χ0n) is 11.7. The van der Waals surface area contributed by atoms with Gasteiger partial charge in [-0.3, -0.25) is 4.79 Å². The van der Waals surface area contributed by atoms with Crippen LogP contribution in [-0.2, 0) is 0 Å². The fourth-order valence-corrected chi connectivity index (χ4v) is 3.25. The number of carbonyl (C=O) groups is 1. The zero-order chi connectivity index (χ0) is 14.8. The normalized spacial score (nSPS) is 19.0. The molecule has 21 heavy (non-hydrogen) atoms. The molecule has 2 nitrogen and oxygen atoms in total. The van der Waals surface area contributed by atoms with Crippen molar-refractivity contribution in [3.8, 4) is 0 Å². The van der Waals surface area contributed by atoms with Gasteiger partial charge < -0.3 is 4.90 Å². The monoisotopic (exact) mass is 305 g/mol. The molecule has 0 saturated carbocycles. The van der Waals surface area contributed by atoms with Crippen molar-refractivity contribution < 1.29 is 9.18 Å². The van der Waals surface area contributed by atoms with E-state index in [-0.39, 0.29) is 11.7 Å². The van der Waals surface area contributed by atoms with Crippen LogP contribution in [0.5, 0.6) is 0 Å². The van der Waals surface area contributed by atoms with Gasteiger partial charge in [0.2, 0.25) is 0 Å². The molecular weight excluding hydrogens is 289 g/mol. The van der Waals surface area contributed by atoms with E-state index in [2.05, 4.69) is 0 Å². The lowest BCUT2D eigenvalue weighted by Gasteiger charge is -2.32. The fourth-order valence-electron chi connectivity index (χ4n) is 2.99. The van der Waals surface area contributed by atoms with E-state index in [0.717, 1.165) is 19.4 Å². The molecule has 3 rings (SSSR count). The van der Waals surface area contributed by atoms with E-state index in [9.17, 15) is 9.18 Å². The molecule has 0 bridgehead atoms. The summed E-state index contributed by atoms with van der Waals surface area (Å²) in [6.07, 6.45) is 2.04. The van der Waals surface area contributed by atoms with E-state index in [4.69, 9.17) is 11.6 Å². The maximum atomic E-state index is 13.8. The van der Waals surface area contributed by atoms with E-state index in [1.54, 1.807) is 24.3 Å². The molecule has 0 aliphatic carbocycles. The van der Waals surface area contributed by atoms with Crippen LogP contribution in [0, 0.1) is 11.7 Å². The van der Waals surface area contributed by atoms with Crippen LogP contribution in [0.4, 0.5) is 4.39 Å². The molecule has 1 saturated heterocycles. The number of hydrogen-bond acceptors (Lipinski definition) is 1. The molecule has 1 fully saturated rings. The Labute approximate surface area is 128 Å². The van der Waals surface area contributed by atoms with E-state index < -0.39 is 0 Å². The summed E-state index contributed by atoms with van der Waals surface area (Å²) in [5.74, 6) is 0.616. The van der Waals surface area contributed by atoms with Crippen LogP contribution < -0.4 is 0 Å². The van der Waals surface area contributed by atoms with Crippen molar-refractivity contribution in [1.29, 1.82) is 0 Å². The smallest absolute Gasteiger partial charge is 0.254 e. The van der Waals surface area contributed by atoms with Crippen LogP contribution in [0.1, 0.15) is 23.2 Å². The second-order valence-corrected chi connectivity index (χ2v) is 5.86. The van der Waals surface area contributed by atoms with Crippen molar-refractivity contribution in [2.24, 2.45) is 5.92 Å². The number of nitrogens with zero attached hydrogens (tertiary/aromatic N) is 1. The fraction of sp³-hybridized carbons (Fsp3) is 0.353. The Bertz CT molecular complexity index is 673. The summed E-state index contributed by atoms with van der Waals surface area (Å²) in [7, 11) is 0. The molecular formula is C17H17ClFNO. The van der Waals surface area contributed by atoms with Crippen LogP contribution in [-0.4, -0.2) is 29.8 Å². The average Bonchev–Trinajstić information content (AvgIpc) is 2.55. The second-order valence-electron chi connectivity index (χ2n) is 5.55. The van der Waals surface area contributed by atoms with E-state index in [1.807, 2.05) is 11.0 Å². The third-order valence-corrected chi connectivity index (χ3v) is 4.56. The first-order chi connectivity index (χ1) is 10.2. The summed E-state index contributed by atoms with van der Waals surface area (Å²) in [5, 5.41) is 1.17. The molecule has 1 aliphatic heterocycles. The molecule has 1 heterocycles. The van der Waals surface area contributed by atoms with Crippen LogP contribution in [0.3, 0.4) is 0 Å². The van der Waals surface area contributed by atoms with Gasteiger partial charge in [-0.25, -0.2) is 4.39 Å². The van der Waals surface area contributed by atoms with Crippen molar-refractivity contribution in [2.45, 2.75) is 12.8 Å². The third kappa shape index (κ3) is 2.75. The molecule has 2 aromatic carbocycles. The highest BCUT2D eigenvalue weighted by molar-refractivity contribution is 6.18. The van der Waals surface area contributed by atoms with Gasteiger partial charge in [0.05, 0.1) is 0 Å². The molecule has 1 aliphatic rings. The van der Waals surface area contributed by atoms with Gasteiger partial charge in [-0.05, 0) is 36.3 Å². The standard InChI is InChI=1S/C17H17ClFNO/c18-10-12-4-3-9-20(11-12)17(21)15-7-8-16(19)14-6-2-1-5-13(14)15/h1-2,5-8,12H,3-4,9-11H2. The molecule has 110 valence electrons. The van der Waals surface area contributed by atoms with Crippen LogP contribution in [0.15, 0.2) is 36.4 Å². The molecule has 1 unspecified atom stereocenters. The first-order valence-corrected chi connectivity index (χ1v) is 7.76. The number of piperidine rings is 1. The van der Waals surface area contributed by atoms with Crippen LogP contribution in [0.25, 0.3) is 10.8 Å². The number of alkyl halides is 1. The Morgan fingerprint density at radius 3 is 2.76 bits per heavy atom. The van der Waals surface area contributed by atoms with Gasteiger partial charge >= 0.3 is 0 Å². The van der Waals surface area contributed by atoms with Crippen LogP contribution >= 0.6 is 11.6 Å². The Morgan fingerprint density at radius 1 is 1.24 bits per heavy atom. The van der Waals surface area contributed by atoms with Gasteiger partial charge in [0.1, 0.15) is 5.82 Å². The molecule has 1 amide bonds. The molecule has 0 N–H and O–H groups in total. The number of hydrogen-bond donors (Lipinski definition) is 0.